The Morgan fingerprint density at radius 2 is 2.16 bits per heavy atom. The van der Waals surface area contributed by atoms with Crippen molar-refractivity contribution >= 4 is 38.7 Å². The van der Waals surface area contributed by atoms with E-state index >= 15 is 0 Å². The zero-order valence-corrected chi connectivity index (χ0v) is 15.5. The Balaban J connectivity index is 1.91. The highest BCUT2D eigenvalue weighted by atomic mass is 32.1. The van der Waals surface area contributed by atoms with Crippen LogP contribution in [0.1, 0.15) is 43.3 Å². The molecule has 0 radical (unpaired) electrons. The van der Waals surface area contributed by atoms with Crippen molar-refractivity contribution in [1.29, 1.82) is 0 Å². The largest absolute Gasteiger partial charge is 0.465 e. The van der Waals surface area contributed by atoms with E-state index in [-0.39, 0.29) is 0 Å². The van der Waals surface area contributed by atoms with Crippen LogP contribution in [0.2, 0.25) is 0 Å². The van der Waals surface area contributed by atoms with Crippen molar-refractivity contribution < 1.29 is 9.90 Å². The van der Waals surface area contributed by atoms with Crippen LogP contribution in [0.15, 0.2) is 12.3 Å². The first-order chi connectivity index (χ1) is 12.1. The predicted molar refractivity (Wildman–Crippen MR) is 102 cm³/mol. The maximum Gasteiger partial charge on any atom is 0.404 e. The number of nitrogens with one attached hydrogen (secondary N) is 1. The van der Waals surface area contributed by atoms with E-state index in [1.165, 1.54) is 15.1 Å². The number of aromatic nitrogens is 3. The fourth-order valence-electron chi connectivity index (χ4n) is 3.10. The van der Waals surface area contributed by atoms with E-state index < -0.39 is 6.09 Å². The predicted octanol–water partition coefficient (Wildman–Crippen LogP) is 4.34. The minimum absolute atomic E-state index is 0.487. The van der Waals surface area contributed by atoms with E-state index in [2.05, 4.69) is 34.8 Å². The lowest BCUT2D eigenvalue weighted by Crippen LogP contribution is -2.22. The number of hydrogen-bond acceptors (Lipinski definition) is 4. The summed E-state index contributed by atoms with van der Waals surface area (Å²) in [5.74, 6) is 1.11. The molecule has 0 unspecified atom stereocenters. The number of aryl methyl sites for hydroxylation is 3. The van der Waals surface area contributed by atoms with Crippen molar-refractivity contribution in [2.45, 2.75) is 52.5 Å². The van der Waals surface area contributed by atoms with Gasteiger partial charge in [-0.1, -0.05) is 13.3 Å². The second kappa shape index (κ2) is 7.82. The molecule has 1 amide bonds. The Hall–Kier alpha value is -2.15. The third kappa shape index (κ3) is 3.92. The van der Waals surface area contributed by atoms with Gasteiger partial charge < -0.3 is 15.0 Å². The molecule has 0 saturated heterocycles. The SMILES string of the molecule is CCCCc1nc2cnc3cc(C)sc3c2n1CCCCNC(=O)O. The van der Waals surface area contributed by atoms with Crippen molar-refractivity contribution in [3.8, 4) is 0 Å². The number of hydrogen-bond donors (Lipinski definition) is 2. The van der Waals surface area contributed by atoms with Gasteiger partial charge in [-0.3, -0.25) is 4.98 Å². The third-order valence-corrected chi connectivity index (χ3v) is 5.34. The molecule has 2 N–H and O–H groups in total. The van der Waals surface area contributed by atoms with Crippen LogP contribution >= 0.6 is 11.3 Å². The second-order valence-corrected chi connectivity index (χ2v) is 7.54. The van der Waals surface area contributed by atoms with Crippen LogP contribution in [-0.4, -0.2) is 32.3 Å². The van der Waals surface area contributed by atoms with E-state index in [1.54, 1.807) is 11.3 Å². The average Bonchev–Trinajstić information content (AvgIpc) is 3.11. The lowest BCUT2D eigenvalue weighted by molar-refractivity contribution is 0.194. The molecule has 0 fully saturated rings. The minimum Gasteiger partial charge on any atom is -0.465 e. The number of imidazole rings is 1. The standard InChI is InChI=1S/C18H24N4O2S/c1-3-4-7-15-21-14-11-20-13-10-12(2)25-17(13)16(14)22(15)9-6-5-8-19-18(23)24/h10-11,19H,3-9H2,1-2H3,(H,23,24). The van der Waals surface area contributed by atoms with Gasteiger partial charge in [0.15, 0.2) is 0 Å². The van der Waals surface area contributed by atoms with Crippen LogP contribution in [-0.2, 0) is 13.0 Å². The van der Waals surface area contributed by atoms with Crippen LogP contribution < -0.4 is 5.32 Å². The molecule has 3 aromatic heterocycles. The van der Waals surface area contributed by atoms with Gasteiger partial charge in [0.2, 0.25) is 0 Å². The number of carboxylic acid groups (broad SMARTS) is 1. The molecule has 0 aliphatic carbocycles. The molecule has 6 nitrogen and oxygen atoms in total. The summed E-state index contributed by atoms with van der Waals surface area (Å²) in [6, 6.07) is 2.12. The third-order valence-electron chi connectivity index (χ3n) is 4.29. The first-order valence-electron chi connectivity index (χ1n) is 8.81. The Bertz CT molecular complexity index is 884. The monoisotopic (exact) mass is 360 g/mol. The quantitative estimate of drug-likeness (QED) is 0.585. The van der Waals surface area contributed by atoms with Gasteiger partial charge in [-0.15, -0.1) is 11.3 Å². The topological polar surface area (TPSA) is 80.0 Å². The summed E-state index contributed by atoms with van der Waals surface area (Å²) in [5.41, 5.74) is 3.18. The summed E-state index contributed by atoms with van der Waals surface area (Å²) in [4.78, 5) is 21.2. The number of nitrogens with zero attached hydrogens (tertiary/aromatic N) is 3. The number of pyridine rings is 1. The van der Waals surface area contributed by atoms with Crippen LogP contribution in [0, 0.1) is 6.92 Å². The Morgan fingerprint density at radius 3 is 2.92 bits per heavy atom. The smallest absolute Gasteiger partial charge is 0.404 e. The zero-order valence-electron chi connectivity index (χ0n) is 14.7. The summed E-state index contributed by atoms with van der Waals surface area (Å²) < 4.78 is 3.53. The van der Waals surface area contributed by atoms with E-state index in [4.69, 9.17) is 10.1 Å². The molecule has 0 saturated carbocycles. The molecule has 3 aromatic rings. The summed E-state index contributed by atoms with van der Waals surface area (Å²) >= 11 is 1.77. The summed E-state index contributed by atoms with van der Waals surface area (Å²) in [5, 5.41) is 11.1. The molecule has 3 heterocycles. The van der Waals surface area contributed by atoms with E-state index in [0.29, 0.717) is 6.54 Å². The summed E-state index contributed by atoms with van der Waals surface area (Å²) in [7, 11) is 0. The Kier molecular flexibility index (Phi) is 5.53. The van der Waals surface area contributed by atoms with Gasteiger partial charge in [-0.2, -0.15) is 0 Å². The first kappa shape index (κ1) is 17.7. The fraction of sp³-hybridized carbons (Fsp3) is 0.500. The molecule has 7 heteroatoms. The first-order valence-corrected chi connectivity index (χ1v) is 9.63. The highest BCUT2D eigenvalue weighted by molar-refractivity contribution is 7.19. The van der Waals surface area contributed by atoms with Crippen LogP contribution in [0.3, 0.4) is 0 Å². The van der Waals surface area contributed by atoms with E-state index in [9.17, 15) is 4.79 Å². The maximum atomic E-state index is 10.6. The zero-order chi connectivity index (χ0) is 17.8. The van der Waals surface area contributed by atoms with Gasteiger partial charge >= 0.3 is 6.09 Å². The number of thiophene rings is 1. The van der Waals surface area contributed by atoms with E-state index in [0.717, 1.165) is 55.5 Å². The molecule has 0 spiro atoms. The lowest BCUT2D eigenvalue weighted by atomic mass is 10.2. The molecule has 3 rings (SSSR count). The van der Waals surface area contributed by atoms with Crippen molar-refractivity contribution in [2.75, 3.05) is 6.54 Å². The Labute approximate surface area is 150 Å². The van der Waals surface area contributed by atoms with Gasteiger partial charge in [0.05, 0.1) is 21.9 Å². The van der Waals surface area contributed by atoms with Crippen molar-refractivity contribution in [3.63, 3.8) is 0 Å². The van der Waals surface area contributed by atoms with Gasteiger partial charge in [0.1, 0.15) is 11.3 Å². The fourth-order valence-corrected chi connectivity index (χ4v) is 4.12. The average molecular weight is 360 g/mol. The molecule has 0 bridgehead atoms. The normalized spacial score (nSPS) is 11.4. The molecule has 0 aliphatic heterocycles. The van der Waals surface area contributed by atoms with Crippen molar-refractivity contribution in [3.05, 3.63) is 23.0 Å². The Morgan fingerprint density at radius 1 is 1.32 bits per heavy atom. The molecular formula is C18H24N4O2S. The highest BCUT2D eigenvalue weighted by Crippen LogP contribution is 2.32. The molecular weight excluding hydrogens is 336 g/mol. The van der Waals surface area contributed by atoms with Crippen molar-refractivity contribution in [2.24, 2.45) is 0 Å². The summed E-state index contributed by atoms with van der Waals surface area (Å²) in [6.07, 6.45) is 5.86. The molecule has 0 atom stereocenters. The number of carbonyl (C=O) groups is 1. The van der Waals surface area contributed by atoms with Crippen molar-refractivity contribution in [1.82, 2.24) is 19.9 Å². The maximum absolute atomic E-state index is 10.6. The van der Waals surface area contributed by atoms with Crippen LogP contribution in [0.4, 0.5) is 4.79 Å². The molecule has 134 valence electrons. The number of unbranched alkanes of at least 4 members (excludes halogenated alkanes) is 2. The van der Waals surface area contributed by atoms with Crippen LogP contribution in [0.25, 0.3) is 21.3 Å². The number of fused-ring (bicyclic) bond motifs is 3. The van der Waals surface area contributed by atoms with Gasteiger partial charge in [0, 0.05) is 24.4 Å². The van der Waals surface area contributed by atoms with Crippen LogP contribution in [0.5, 0.6) is 0 Å². The highest BCUT2D eigenvalue weighted by Gasteiger charge is 2.15. The van der Waals surface area contributed by atoms with Gasteiger partial charge in [0.25, 0.3) is 0 Å². The van der Waals surface area contributed by atoms with E-state index in [1.807, 2.05) is 6.20 Å². The number of amides is 1. The van der Waals surface area contributed by atoms with Gasteiger partial charge in [-0.25, -0.2) is 9.78 Å². The minimum atomic E-state index is -0.960. The molecule has 25 heavy (non-hydrogen) atoms. The second-order valence-electron chi connectivity index (χ2n) is 6.29. The molecule has 0 aliphatic rings. The summed E-state index contributed by atoms with van der Waals surface area (Å²) in [6.45, 7) is 5.63. The number of rotatable bonds is 8. The van der Waals surface area contributed by atoms with Gasteiger partial charge in [-0.05, 0) is 32.3 Å². The lowest BCUT2D eigenvalue weighted by Gasteiger charge is -2.09. The molecule has 0 aromatic carbocycles.